The van der Waals surface area contributed by atoms with E-state index >= 15 is 0 Å². The molecule has 1 aromatic rings. The Morgan fingerprint density at radius 2 is 2.24 bits per heavy atom. The van der Waals surface area contributed by atoms with Gasteiger partial charge in [0.25, 0.3) is 0 Å². The molecule has 4 nitrogen and oxygen atoms in total. The van der Waals surface area contributed by atoms with Gasteiger partial charge in [-0.05, 0) is 29.7 Å². The van der Waals surface area contributed by atoms with Crippen LogP contribution in [0.15, 0.2) is 35.9 Å². The molecule has 0 radical (unpaired) electrons. The van der Waals surface area contributed by atoms with Gasteiger partial charge in [-0.2, -0.15) is 8.78 Å². The fourth-order valence-corrected chi connectivity index (χ4v) is 2.12. The van der Waals surface area contributed by atoms with Crippen molar-refractivity contribution in [1.82, 2.24) is 5.32 Å². The van der Waals surface area contributed by atoms with Crippen molar-refractivity contribution in [3.63, 3.8) is 0 Å². The minimum Gasteiger partial charge on any atom is -0.435 e. The van der Waals surface area contributed by atoms with Crippen LogP contribution in [0.2, 0.25) is 0 Å². The molecule has 1 heterocycles. The van der Waals surface area contributed by atoms with Gasteiger partial charge in [-0.1, -0.05) is 18.2 Å². The summed E-state index contributed by atoms with van der Waals surface area (Å²) in [7, 11) is 0. The molecular formula is C15H19F2NO3. The van der Waals surface area contributed by atoms with E-state index < -0.39 is 12.7 Å². The molecule has 6 heteroatoms. The smallest absolute Gasteiger partial charge is 0.387 e. The van der Waals surface area contributed by atoms with Gasteiger partial charge in [0.1, 0.15) is 5.75 Å². The fraction of sp³-hybridized carbons (Fsp3) is 0.467. The number of alkyl halides is 2. The molecule has 1 atom stereocenters. The summed E-state index contributed by atoms with van der Waals surface area (Å²) in [5.41, 5.74) is 1.69. The molecule has 0 aliphatic carbocycles. The van der Waals surface area contributed by atoms with E-state index in [4.69, 9.17) is 4.74 Å². The Morgan fingerprint density at radius 1 is 1.38 bits per heavy atom. The molecule has 0 saturated carbocycles. The molecule has 0 fully saturated rings. The number of hydrogen-bond donors (Lipinski definition) is 2. The summed E-state index contributed by atoms with van der Waals surface area (Å²) < 4.78 is 33.9. The predicted molar refractivity (Wildman–Crippen MR) is 74.4 cm³/mol. The SMILES string of the molecule is OC(CNCC1=CCCOC1)c1cccc(OC(F)F)c1. The molecule has 2 rings (SSSR count). The van der Waals surface area contributed by atoms with Gasteiger partial charge in [-0.3, -0.25) is 0 Å². The molecule has 0 spiro atoms. The second-order valence-corrected chi connectivity index (χ2v) is 4.80. The summed E-state index contributed by atoms with van der Waals surface area (Å²) in [6, 6.07) is 6.10. The summed E-state index contributed by atoms with van der Waals surface area (Å²) in [5.74, 6) is 0.0462. The summed E-state index contributed by atoms with van der Waals surface area (Å²) in [6.45, 7) is -0.530. The Balaban J connectivity index is 1.82. The standard InChI is InChI=1S/C15H19F2NO3/c16-15(17)21-13-5-1-4-12(7-13)14(19)9-18-8-11-3-2-6-20-10-11/h1,3-5,7,14-15,18-19H,2,6,8-10H2. The van der Waals surface area contributed by atoms with Crippen LogP contribution in [0.5, 0.6) is 5.75 Å². The maximum absolute atomic E-state index is 12.1. The van der Waals surface area contributed by atoms with Crippen molar-refractivity contribution in [2.75, 3.05) is 26.3 Å². The maximum Gasteiger partial charge on any atom is 0.387 e. The van der Waals surface area contributed by atoms with Crippen molar-refractivity contribution in [3.05, 3.63) is 41.5 Å². The highest BCUT2D eigenvalue weighted by molar-refractivity contribution is 5.30. The molecule has 1 aliphatic rings. The first-order valence-corrected chi connectivity index (χ1v) is 6.84. The summed E-state index contributed by atoms with van der Waals surface area (Å²) in [4.78, 5) is 0. The van der Waals surface area contributed by atoms with Gasteiger partial charge in [0.2, 0.25) is 0 Å². The van der Waals surface area contributed by atoms with E-state index in [0.717, 1.165) is 18.6 Å². The van der Waals surface area contributed by atoms with Gasteiger partial charge in [-0.25, -0.2) is 0 Å². The first kappa shape index (κ1) is 15.9. The number of nitrogens with one attached hydrogen (secondary N) is 1. The summed E-state index contributed by atoms with van der Waals surface area (Å²) in [6.07, 6.45) is 2.25. The molecule has 0 saturated heterocycles. The lowest BCUT2D eigenvalue weighted by atomic mass is 10.1. The van der Waals surface area contributed by atoms with E-state index in [1.165, 1.54) is 12.1 Å². The Hall–Kier alpha value is -1.50. The second kappa shape index (κ2) is 8.07. The van der Waals surface area contributed by atoms with Crippen LogP contribution in [0.4, 0.5) is 8.78 Å². The average Bonchev–Trinajstić information content (AvgIpc) is 2.48. The highest BCUT2D eigenvalue weighted by Gasteiger charge is 2.11. The number of hydrogen-bond acceptors (Lipinski definition) is 4. The molecule has 116 valence electrons. The number of benzene rings is 1. The Morgan fingerprint density at radius 3 is 2.95 bits per heavy atom. The normalized spacial score (nSPS) is 16.7. The lowest BCUT2D eigenvalue weighted by Gasteiger charge is -2.17. The van der Waals surface area contributed by atoms with Crippen molar-refractivity contribution >= 4 is 0 Å². The summed E-state index contributed by atoms with van der Waals surface area (Å²) >= 11 is 0. The van der Waals surface area contributed by atoms with Gasteiger partial charge in [0.05, 0.1) is 19.3 Å². The zero-order valence-electron chi connectivity index (χ0n) is 11.6. The largest absolute Gasteiger partial charge is 0.435 e. The van der Waals surface area contributed by atoms with Crippen molar-refractivity contribution in [2.45, 2.75) is 19.1 Å². The third-order valence-corrected chi connectivity index (χ3v) is 3.14. The Bertz CT molecular complexity index is 480. The first-order chi connectivity index (χ1) is 10.1. The van der Waals surface area contributed by atoms with Crippen molar-refractivity contribution in [3.8, 4) is 5.75 Å². The van der Waals surface area contributed by atoms with Crippen LogP contribution in [0.25, 0.3) is 0 Å². The van der Waals surface area contributed by atoms with E-state index in [1.54, 1.807) is 12.1 Å². The maximum atomic E-state index is 12.1. The minimum absolute atomic E-state index is 0.0462. The number of aliphatic hydroxyl groups is 1. The monoisotopic (exact) mass is 299 g/mol. The van der Waals surface area contributed by atoms with E-state index in [0.29, 0.717) is 25.3 Å². The van der Waals surface area contributed by atoms with Crippen molar-refractivity contribution < 1.29 is 23.4 Å². The predicted octanol–water partition coefficient (Wildman–Crippen LogP) is 2.26. The van der Waals surface area contributed by atoms with Crippen molar-refractivity contribution in [1.29, 1.82) is 0 Å². The molecule has 1 aromatic carbocycles. The van der Waals surface area contributed by atoms with E-state index in [-0.39, 0.29) is 5.75 Å². The molecule has 0 amide bonds. The molecule has 0 bridgehead atoms. The van der Waals surface area contributed by atoms with E-state index in [2.05, 4.69) is 16.1 Å². The average molecular weight is 299 g/mol. The lowest BCUT2D eigenvalue weighted by Crippen LogP contribution is -2.26. The van der Waals surface area contributed by atoms with Crippen LogP contribution in [0.3, 0.4) is 0 Å². The highest BCUT2D eigenvalue weighted by atomic mass is 19.3. The zero-order valence-corrected chi connectivity index (χ0v) is 11.6. The van der Waals surface area contributed by atoms with Crippen LogP contribution < -0.4 is 10.1 Å². The molecule has 0 aromatic heterocycles. The third kappa shape index (κ3) is 5.41. The number of aliphatic hydroxyl groups excluding tert-OH is 1. The second-order valence-electron chi connectivity index (χ2n) is 4.80. The van der Waals surface area contributed by atoms with Gasteiger partial charge in [0, 0.05) is 13.1 Å². The third-order valence-electron chi connectivity index (χ3n) is 3.14. The van der Waals surface area contributed by atoms with Gasteiger partial charge in [-0.15, -0.1) is 0 Å². The van der Waals surface area contributed by atoms with Gasteiger partial charge < -0.3 is 19.9 Å². The highest BCUT2D eigenvalue weighted by Crippen LogP contribution is 2.20. The number of ether oxygens (including phenoxy) is 2. The van der Waals surface area contributed by atoms with Gasteiger partial charge >= 0.3 is 6.61 Å². The minimum atomic E-state index is -2.87. The Kier molecular flexibility index (Phi) is 6.10. The zero-order chi connectivity index (χ0) is 15.1. The van der Waals surface area contributed by atoms with Crippen LogP contribution in [0, 0.1) is 0 Å². The number of rotatable bonds is 7. The van der Waals surface area contributed by atoms with Crippen LogP contribution in [-0.2, 0) is 4.74 Å². The molecule has 21 heavy (non-hydrogen) atoms. The number of halogens is 2. The molecule has 2 N–H and O–H groups in total. The molecule has 1 unspecified atom stereocenters. The van der Waals surface area contributed by atoms with E-state index in [1.807, 2.05) is 0 Å². The summed E-state index contributed by atoms with van der Waals surface area (Å²) in [5, 5.41) is 13.2. The first-order valence-electron chi connectivity index (χ1n) is 6.84. The van der Waals surface area contributed by atoms with Crippen LogP contribution in [0.1, 0.15) is 18.1 Å². The van der Waals surface area contributed by atoms with E-state index in [9.17, 15) is 13.9 Å². The topological polar surface area (TPSA) is 50.7 Å². The van der Waals surface area contributed by atoms with Crippen molar-refractivity contribution in [2.24, 2.45) is 0 Å². The fourth-order valence-electron chi connectivity index (χ4n) is 2.12. The molecule has 1 aliphatic heterocycles. The Labute approximate surface area is 122 Å². The van der Waals surface area contributed by atoms with Crippen LogP contribution >= 0.6 is 0 Å². The quantitative estimate of drug-likeness (QED) is 0.758. The lowest BCUT2D eigenvalue weighted by molar-refractivity contribution is -0.0499. The van der Waals surface area contributed by atoms with Crippen LogP contribution in [-0.4, -0.2) is 38.0 Å². The molecular weight excluding hydrogens is 280 g/mol. The van der Waals surface area contributed by atoms with Gasteiger partial charge in [0.15, 0.2) is 0 Å².